The first kappa shape index (κ1) is 21.9. The zero-order chi connectivity index (χ0) is 21.1. The van der Waals surface area contributed by atoms with Gasteiger partial charge in [0.05, 0.1) is 23.4 Å². The van der Waals surface area contributed by atoms with Crippen molar-refractivity contribution >= 4 is 52.2 Å². The summed E-state index contributed by atoms with van der Waals surface area (Å²) < 4.78 is 1.84. The lowest BCUT2D eigenvalue weighted by molar-refractivity contribution is -0.114. The summed E-state index contributed by atoms with van der Waals surface area (Å²) in [5.74, 6) is -0.331. The number of nitrogens with one attached hydrogen (secondary N) is 2. The molecule has 158 valence electrons. The van der Waals surface area contributed by atoms with Crippen LogP contribution in [-0.4, -0.2) is 21.6 Å². The first-order valence-corrected chi connectivity index (χ1v) is 9.47. The summed E-state index contributed by atoms with van der Waals surface area (Å²) in [6.45, 7) is 2.04. The molecule has 3 aromatic carbocycles. The lowest BCUT2D eigenvalue weighted by Crippen LogP contribution is -2.13. The number of para-hydroxylation sites is 2. The largest absolute Gasteiger partial charge is 0.397 e. The summed E-state index contributed by atoms with van der Waals surface area (Å²) >= 11 is 0. The molecule has 4 N–H and O–H groups in total. The molecule has 4 rings (SSSR count). The second-order valence-electron chi connectivity index (χ2n) is 7.02. The van der Waals surface area contributed by atoms with E-state index in [1.165, 1.54) is 6.92 Å². The highest BCUT2D eigenvalue weighted by Gasteiger charge is 2.09. The second kappa shape index (κ2) is 9.32. The number of amides is 2. The summed E-state index contributed by atoms with van der Waals surface area (Å²) in [7, 11) is 0. The number of benzene rings is 3. The van der Waals surface area contributed by atoms with Crippen LogP contribution in [0.3, 0.4) is 0 Å². The van der Waals surface area contributed by atoms with E-state index in [2.05, 4.69) is 15.7 Å². The molecule has 0 aliphatic carbocycles. The topological polar surface area (TPSA) is 102 Å². The monoisotopic (exact) mass is 435 g/mol. The van der Waals surface area contributed by atoms with Crippen molar-refractivity contribution in [3.8, 4) is 0 Å². The summed E-state index contributed by atoms with van der Waals surface area (Å²) in [6, 6.07) is 20.1. The van der Waals surface area contributed by atoms with Crippen LogP contribution < -0.4 is 16.4 Å². The van der Waals surface area contributed by atoms with Crippen molar-refractivity contribution in [2.24, 2.45) is 0 Å². The maximum atomic E-state index is 12.4. The van der Waals surface area contributed by atoms with Crippen LogP contribution in [-0.2, 0) is 11.3 Å². The van der Waals surface area contributed by atoms with E-state index in [-0.39, 0.29) is 24.2 Å². The Bertz CT molecular complexity index is 1230. The smallest absolute Gasteiger partial charge is 0.255 e. The Morgan fingerprint density at radius 2 is 1.74 bits per heavy atom. The van der Waals surface area contributed by atoms with E-state index in [4.69, 9.17) is 5.73 Å². The average molecular weight is 436 g/mol. The number of hydrogen-bond acceptors (Lipinski definition) is 4. The van der Waals surface area contributed by atoms with Gasteiger partial charge in [-0.15, -0.1) is 12.4 Å². The third-order valence-corrected chi connectivity index (χ3v) is 4.64. The normalized spacial score (nSPS) is 10.4. The molecule has 0 atom stereocenters. The van der Waals surface area contributed by atoms with Crippen LogP contribution in [0, 0.1) is 0 Å². The number of halogens is 1. The molecule has 0 saturated heterocycles. The highest BCUT2D eigenvalue weighted by atomic mass is 35.5. The zero-order valence-electron chi connectivity index (χ0n) is 16.8. The molecule has 0 aliphatic heterocycles. The van der Waals surface area contributed by atoms with E-state index in [0.29, 0.717) is 23.5 Å². The molecule has 0 fully saturated rings. The number of nitrogen functional groups attached to an aromatic ring is 1. The molecule has 0 radical (unpaired) electrons. The third kappa shape index (κ3) is 5.21. The van der Waals surface area contributed by atoms with E-state index in [1.807, 2.05) is 53.3 Å². The maximum absolute atomic E-state index is 12.4. The minimum atomic E-state index is -0.213. The van der Waals surface area contributed by atoms with Crippen molar-refractivity contribution in [1.82, 2.24) is 9.78 Å². The van der Waals surface area contributed by atoms with Crippen LogP contribution in [0.25, 0.3) is 10.9 Å². The molecule has 31 heavy (non-hydrogen) atoms. The van der Waals surface area contributed by atoms with Gasteiger partial charge in [0.25, 0.3) is 5.91 Å². The molecule has 1 heterocycles. The van der Waals surface area contributed by atoms with Crippen LogP contribution in [0.2, 0.25) is 0 Å². The van der Waals surface area contributed by atoms with E-state index in [0.717, 1.165) is 22.2 Å². The molecule has 0 saturated carbocycles. The molecule has 7 nitrogen and oxygen atoms in total. The number of nitrogens with two attached hydrogens (primary N) is 1. The van der Waals surface area contributed by atoms with Crippen molar-refractivity contribution in [3.63, 3.8) is 0 Å². The molecule has 0 aliphatic rings. The lowest BCUT2D eigenvalue weighted by atomic mass is 10.1. The minimum Gasteiger partial charge on any atom is -0.397 e. The predicted molar refractivity (Wildman–Crippen MR) is 126 cm³/mol. The molecule has 0 spiro atoms. The van der Waals surface area contributed by atoms with Crippen molar-refractivity contribution in [2.75, 3.05) is 16.4 Å². The fraction of sp³-hybridized carbons (Fsp3) is 0.0870. The summed E-state index contributed by atoms with van der Waals surface area (Å²) in [5, 5.41) is 11.1. The molecule has 8 heteroatoms. The quantitative estimate of drug-likeness (QED) is 0.407. The van der Waals surface area contributed by atoms with Crippen LogP contribution in [0.4, 0.5) is 17.1 Å². The number of hydrogen-bond donors (Lipinski definition) is 3. The Balaban J connectivity index is 0.00000272. The van der Waals surface area contributed by atoms with Gasteiger partial charge >= 0.3 is 0 Å². The minimum absolute atomic E-state index is 0. The Kier molecular flexibility index (Phi) is 6.57. The summed E-state index contributed by atoms with van der Waals surface area (Å²) in [6.07, 6.45) is 1.95. The fourth-order valence-corrected chi connectivity index (χ4v) is 3.18. The number of fused-ring (bicyclic) bond motifs is 1. The van der Waals surface area contributed by atoms with Crippen LogP contribution in [0.15, 0.2) is 72.9 Å². The molecular weight excluding hydrogens is 414 g/mol. The number of anilines is 3. The molecule has 0 unspecified atom stereocenters. The van der Waals surface area contributed by atoms with Gasteiger partial charge in [-0.25, -0.2) is 0 Å². The van der Waals surface area contributed by atoms with Crippen LogP contribution >= 0.6 is 12.4 Å². The number of carbonyl (C=O) groups is 2. The number of carbonyl (C=O) groups excluding carboxylic acids is 2. The standard InChI is InChI=1S/C23H21N5O2.ClH/c1-15(29)25-19-11-10-18-14-28(27-22(18)12-19)13-16-6-8-17(9-7-16)23(30)26-21-5-3-2-4-20(21)24;/h2-12,14H,13,24H2,1H3,(H,25,29)(H,26,30);1H. The first-order valence-electron chi connectivity index (χ1n) is 9.47. The van der Waals surface area contributed by atoms with E-state index in [9.17, 15) is 9.59 Å². The molecule has 4 aromatic rings. The van der Waals surface area contributed by atoms with Crippen molar-refractivity contribution in [1.29, 1.82) is 0 Å². The van der Waals surface area contributed by atoms with E-state index >= 15 is 0 Å². The average Bonchev–Trinajstić information content (AvgIpc) is 3.11. The van der Waals surface area contributed by atoms with Gasteiger partial charge in [0.1, 0.15) is 0 Å². The third-order valence-electron chi connectivity index (χ3n) is 4.64. The van der Waals surface area contributed by atoms with Crippen LogP contribution in [0.1, 0.15) is 22.8 Å². The van der Waals surface area contributed by atoms with E-state index < -0.39 is 0 Å². The summed E-state index contributed by atoms with van der Waals surface area (Å²) in [5.41, 5.74) is 10.1. The van der Waals surface area contributed by atoms with Gasteiger partial charge in [-0.3, -0.25) is 14.3 Å². The van der Waals surface area contributed by atoms with Gasteiger partial charge in [-0.05, 0) is 48.0 Å². The number of nitrogens with zero attached hydrogens (tertiary/aromatic N) is 2. The highest BCUT2D eigenvalue weighted by molar-refractivity contribution is 6.05. The SMILES string of the molecule is CC(=O)Nc1ccc2cn(Cc3ccc(C(=O)Nc4ccccc4N)cc3)nc2c1.Cl. The van der Waals surface area contributed by atoms with E-state index in [1.54, 1.807) is 24.3 Å². The molecule has 2 amide bonds. The Labute approximate surface area is 185 Å². The van der Waals surface area contributed by atoms with Gasteiger partial charge in [0, 0.05) is 29.8 Å². The Morgan fingerprint density at radius 3 is 2.45 bits per heavy atom. The summed E-state index contributed by atoms with van der Waals surface area (Å²) in [4.78, 5) is 23.7. The van der Waals surface area contributed by atoms with Gasteiger partial charge in [0.15, 0.2) is 0 Å². The van der Waals surface area contributed by atoms with Gasteiger partial charge in [-0.1, -0.05) is 24.3 Å². The predicted octanol–water partition coefficient (Wildman–Crippen LogP) is 4.30. The number of aromatic nitrogens is 2. The molecule has 0 bridgehead atoms. The lowest BCUT2D eigenvalue weighted by Gasteiger charge is -2.08. The van der Waals surface area contributed by atoms with Gasteiger partial charge in [-0.2, -0.15) is 5.10 Å². The van der Waals surface area contributed by atoms with Crippen molar-refractivity contribution in [3.05, 3.63) is 84.1 Å². The fourth-order valence-electron chi connectivity index (χ4n) is 3.18. The van der Waals surface area contributed by atoms with Gasteiger partial charge in [0.2, 0.25) is 5.91 Å². The second-order valence-corrected chi connectivity index (χ2v) is 7.02. The first-order chi connectivity index (χ1) is 14.5. The van der Waals surface area contributed by atoms with Crippen molar-refractivity contribution < 1.29 is 9.59 Å². The zero-order valence-corrected chi connectivity index (χ0v) is 17.6. The Hall–Kier alpha value is -3.84. The molecule has 1 aromatic heterocycles. The molecular formula is C23H22ClN5O2. The highest BCUT2D eigenvalue weighted by Crippen LogP contribution is 2.20. The van der Waals surface area contributed by atoms with Gasteiger partial charge < -0.3 is 16.4 Å². The Morgan fingerprint density at radius 1 is 1.00 bits per heavy atom. The van der Waals surface area contributed by atoms with Crippen molar-refractivity contribution in [2.45, 2.75) is 13.5 Å². The maximum Gasteiger partial charge on any atom is 0.255 e. The number of rotatable bonds is 5. The van der Waals surface area contributed by atoms with Crippen LogP contribution in [0.5, 0.6) is 0 Å².